The lowest BCUT2D eigenvalue weighted by Gasteiger charge is -1.96. The maximum absolute atomic E-state index is 10.5. The Morgan fingerprint density at radius 1 is 1.28 bits per heavy atom. The molecule has 0 aliphatic heterocycles. The van der Waals surface area contributed by atoms with Crippen molar-refractivity contribution in [3.05, 3.63) is 63.9 Å². The fraction of sp³-hybridized carbons (Fsp3) is 0. The highest BCUT2D eigenvalue weighted by Gasteiger charge is 2.11. The molecule has 0 radical (unpaired) electrons. The first-order valence-electron chi connectivity index (χ1n) is 5.12. The number of allylic oxidation sites excluding steroid dienone is 1. The highest BCUT2D eigenvalue weighted by Crippen LogP contribution is 2.21. The summed E-state index contributed by atoms with van der Waals surface area (Å²) < 4.78 is 4.97. The zero-order valence-electron chi connectivity index (χ0n) is 9.24. The summed E-state index contributed by atoms with van der Waals surface area (Å²) in [6.45, 7) is 0. The number of hydrogen-bond donors (Lipinski definition) is 0. The lowest BCUT2D eigenvalue weighted by atomic mass is 10.1. The van der Waals surface area contributed by atoms with Gasteiger partial charge in [0.2, 0.25) is 0 Å². The molecule has 88 valence electrons. The van der Waals surface area contributed by atoms with Crippen molar-refractivity contribution in [2.24, 2.45) is 0 Å². The molecule has 0 saturated heterocycles. The third-order valence-corrected chi connectivity index (χ3v) is 2.28. The van der Waals surface area contributed by atoms with Gasteiger partial charge in [-0.05, 0) is 17.7 Å². The molecule has 0 spiro atoms. The van der Waals surface area contributed by atoms with Crippen LogP contribution in [0.1, 0.15) is 11.3 Å². The van der Waals surface area contributed by atoms with Crippen LogP contribution in [0.5, 0.6) is 0 Å². The van der Waals surface area contributed by atoms with Gasteiger partial charge in [-0.2, -0.15) is 5.26 Å². The zero-order chi connectivity index (χ0) is 13.0. The molecule has 1 aromatic carbocycles. The van der Waals surface area contributed by atoms with Gasteiger partial charge in [-0.25, -0.2) is 0 Å². The average Bonchev–Trinajstić information content (AvgIpc) is 2.86. The van der Waals surface area contributed by atoms with E-state index in [0.717, 1.165) is 5.56 Å². The van der Waals surface area contributed by atoms with E-state index in [4.69, 9.17) is 9.68 Å². The predicted molar refractivity (Wildman–Crippen MR) is 65.3 cm³/mol. The van der Waals surface area contributed by atoms with Crippen LogP contribution in [0.4, 0.5) is 5.88 Å². The second kappa shape index (κ2) is 4.97. The Bertz CT molecular complexity index is 636. The number of nitrogens with zero attached hydrogens (tertiary/aromatic N) is 2. The smallest absolute Gasteiger partial charge is 0.401 e. The molecule has 2 rings (SSSR count). The maximum Gasteiger partial charge on any atom is 0.433 e. The topological polar surface area (TPSA) is 80.1 Å². The molecule has 5 nitrogen and oxygen atoms in total. The summed E-state index contributed by atoms with van der Waals surface area (Å²) >= 11 is 0. The molecule has 0 amide bonds. The second-order valence-corrected chi connectivity index (χ2v) is 3.47. The Morgan fingerprint density at radius 3 is 2.56 bits per heavy atom. The Kier molecular flexibility index (Phi) is 3.21. The minimum absolute atomic E-state index is 0.280. The highest BCUT2D eigenvalue weighted by atomic mass is 16.6. The van der Waals surface area contributed by atoms with Crippen molar-refractivity contribution < 1.29 is 9.34 Å². The van der Waals surface area contributed by atoms with Gasteiger partial charge in [0, 0.05) is 0 Å². The minimum atomic E-state index is -0.619. The van der Waals surface area contributed by atoms with E-state index in [1.54, 1.807) is 12.1 Å². The molecule has 0 aliphatic carbocycles. The number of nitriles is 1. The third-order valence-electron chi connectivity index (χ3n) is 2.28. The molecule has 0 aliphatic rings. The van der Waals surface area contributed by atoms with Gasteiger partial charge < -0.3 is 4.42 Å². The van der Waals surface area contributed by atoms with Crippen molar-refractivity contribution in [3.63, 3.8) is 0 Å². The molecule has 1 heterocycles. The largest absolute Gasteiger partial charge is 0.433 e. The normalized spacial score (nSPS) is 10.9. The molecule has 1 aromatic heterocycles. The first kappa shape index (κ1) is 11.6. The summed E-state index contributed by atoms with van der Waals surface area (Å²) in [7, 11) is 0. The molecule has 0 unspecified atom stereocenters. The van der Waals surface area contributed by atoms with Gasteiger partial charge in [-0.3, -0.25) is 10.1 Å². The number of rotatable bonds is 3. The van der Waals surface area contributed by atoms with Gasteiger partial charge in [0.25, 0.3) is 0 Å². The highest BCUT2D eigenvalue weighted by molar-refractivity contribution is 5.88. The Labute approximate surface area is 103 Å². The number of hydrogen-bond acceptors (Lipinski definition) is 4. The van der Waals surface area contributed by atoms with Gasteiger partial charge >= 0.3 is 5.88 Å². The lowest BCUT2D eigenvalue weighted by Crippen LogP contribution is -1.83. The standard InChI is InChI=1S/C13H8N2O3/c14-9-11(10-4-2-1-3-5-10)8-12-6-7-13(18-12)15(16)17/h1-8H. The van der Waals surface area contributed by atoms with E-state index >= 15 is 0 Å². The van der Waals surface area contributed by atoms with Crippen LogP contribution in [0.2, 0.25) is 0 Å². The second-order valence-electron chi connectivity index (χ2n) is 3.47. The fourth-order valence-electron chi connectivity index (χ4n) is 1.46. The minimum Gasteiger partial charge on any atom is -0.401 e. The first-order chi connectivity index (χ1) is 8.70. The van der Waals surface area contributed by atoms with Crippen LogP contribution in [-0.4, -0.2) is 4.92 Å². The molecule has 0 fully saturated rings. The predicted octanol–water partition coefficient (Wildman–Crippen LogP) is 3.25. The van der Waals surface area contributed by atoms with E-state index in [2.05, 4.69) is 0 Å². The molecule has 0 saturated carbocycles. The zero-order valence-corrected chi connectivity index (χ0v) is 9.24. The quantitative estimate of drug-likeness (QED) is 0.468. The average molecular weight is 240 g/mol. The Morgan fingerprint density at radius 2 is 2.00 bits per heavy atom. The summed E-state index contributed by atoms with van der Waals surface area (Å²) in [4.78, 5) is 9.85. The van der Waals surface area contributed by atoms with E-state index in [0.29, 0.717) is 5.57 Å². The summed E-state index contributed by atoms with van der Waals surface area (Å²) in [5, 5.41) is 19.5. The van der Waals surface area contributed by atoms with Crippen molar-refractivity contribution in [3.8, 4) is 6.07 Å². The van der Waals surface area contributed by atoms with Gasteiger partial charge in [0.05, 0.1) is 17.7 Å². The van der Waals surface area contributed by atoms with Crippen LogP contribution in [0.3, 0.4) is 0 Å². The van der Waals surface area contributed by atoms with E-state index in [1.165, 1.54) is 18.2 Å². The van der Waals surface area contributed by atoms with E-state index in [1.807, 2.05) is 24.3 Å². The van der Waals surface area contributed by atoms with Gasteiger partial charge in [0.15, 0.2) is 0 Å². The summed E-state index contributed by atoms with van der Waals surface area (Å²) in [5.41, 5.74) is 1.12. The molecule has 0 bridgehead atoms. The van der Waals surface area contributed by atoms with Crippen LogP contribution in [0.25, 0.3) is 11.6 Å². The number of furan rings is 1. The lowest BCUT2D eigenvalue weighted by molar-refractivity contribution is -0.402. The summed E-state index contributed by atoms with van der Waals surface area (Å²) in [6.07, 6.45) is 1.47. The number of nitro groups is 1. The summed E-state index contributed by atoms with van der Waals surface area (Å²) in [6, 6.07) is 13.8. The SMILES string of the molecule is N#CC(=Cc1ccc([N+](=O)[O-])o1)c1ccccc1. The van der Waals surface area contributed by atoms with E-state index < -0.39 is 4.92 Å². The molecular formula is C13H8N2O3. The van der Waals surface area contributed by atoms with E-state index in [9.17, 15) is 10.1 Å². The van der Waals surface area contributed by atoms with Crippen LogP contribution < -0.4 is 0 Å². The van der Waals surface area contributed by atoms with Crippen molar-refractivity contribution >= 4 is 17.5 Å². The van der Waals surface area contributed by atoms with Crippen molar-refractivity contribution in [2.75, 3.05) is 0 Å². The monoisotopic (exact) mass is 240 g/mol. The molecule has 0 atom stereocenters. The number of benzene rings is 1. The van der Waals surface area contributed by atoms with Crippen molar-refractivity contribution in [2.45, 2.75) is 0 Å². The molecule has 0 N–H and O–H groups in total. The molecule has 18 heavy (non-hydrogen) atoms. The van der Waals surface area contributed by atoms with Crippen LogP contribution in [0.15, 0.2) is 46.9 Å². The Hall–Kier alpha value is -2.87. The van der Waals surface area contributed by atoms with Gasteiger partial charge in [0.1, 0.15) is 10.7 Å². The molecule has 5 heteroatoms. The van der Waals surface area contributed by atoms with Crippen LogP contribution in [0, 0.1) is 21.4 Å². The van der Waals surface area contributed by atoms with Gasteiger partial charge in [-0.1, -0.05) is 30.3 Å². The molecule has 2 aromatic rings. The van der Waals surface area contributed by atoms with Gasteiger partial charge in [-0.15, -0.1) is 0 Å². The van der Waals surface area contributed by atoms with E-state index in [-0.39, 0.29) is 11.6 Å². The first-order valence-corrected chi connectivity index (χ1v) is 5.12. The van der Waals surface area contributed by atoms with Crippen molar-refractivity contribution in [1.29, 1.82) is 5.26 Å². The maximum atomic E-state index is 10.5. The third kappa shape index (κ3) is 2.44. The molecular weight excluding hydrogens is 232 g/mol. The van der Waals surface area contributed by atoms with Crippen LogP contribution >= 0.6 is 0 Å². The van der Waals surface area contributed by atoms with Crippen LogP contribution in [-0.2, 0) is 0 Å². The fourth-order valence-corrected chi connectivity index (χ4v) is 1.46. The van der Waals surface area contributed by atoms with Crippen molar-refractivity contribution in [1.82, 2.24) is 0 Å². The Balaban J connectivity index is 2.36. The summed E-state index contributed by atoms with van der Waals surface area (Å²) in [5.74, 6) is -0.0614.